The van der Waals surface area contributed by atoms with Crippen LogP contribution in [0.1, 0.15) is 51.9 Å². The monoisotopic (exact) mass is 197 g/mol. The van der Waals surface area contributed by atoms with Gasteiger partial charge in [0.25, 0.3) is 0 Å². The summed E-state index contributed by atoms with van der Waals surface area (Å²) < 4.78 is 0. The van der Waals surface area contributed by atoms with Crippen molar-refractivity contribution in [3.8, 4) is 0 Å². The number of aliphatic hydroxyl groups is 1. The van der Waals surface area contributed by atoms with E-state index in [0.717, 1.165) is 6.42 Å². The minimum atomic E-state index is -0.0458. The van der Waals surface area contributed by atoms with E-state index >= 15 is 0 Å². The fourth-order valence-electron chi connectivity index (χ4n) is 3.10. The van der Waals surface area contributed by atoms with Gasteiger partial charge in [-0.2, -0.15) is 0 Å². The summed E-state index contributed by atoms with van der Waals surface area (Å²) in [5.41, 5.74) is 0. The van der Waals surface area contributed by atoms with Gasteiger partial charge < -0.3 is 5.11 Å². The van der Waals surface area contributed by atoms with Crippen LogP contribution in [0.5, 0.6) is 0 Å². The van der Waals surface area contributed by atoms with E-state index in [2.05, 4.69) is 11.8 Å². The number of nitrogens with zero attached hydrogens (tertiary/aromatic N) is 1. The van der Waals surface area contributed by atoms with Crippen LogP contribution in [0.3, 0.4) is 0 Å². The first-order valence-electron chi connectivity index (χ1n) is 6.23. The standard InChI is InChI=1S/C12H23NO/c1-10-6-3-2-4-9-13(10)11-7-5-8-12(11)14/h10-12,14H,2-9H2,1H3/t10?,11-,12-/m1/s1. The third kappa shape index (κ3) is 2.12. The molecule has 0 aromatic carbocycles. The van der Waals surface area contributed by atoms with E-state index in [1.807, 2.05) is 0 Å². The Labute approximate surface area is 87.3 Å². The second-order valence-corrected chi connectivity index (χ2v) is 5.00. The lowest BCUT2D eigenvalue weighted by molar-refractivity contribution is 0.0493. The van der Waals surface area contributed by atoms with Crippen molar-refractivity contribution in [1.82, 2.24) is 4.90 Å². The molecule has 1 unspecified atom stereocenters. The van der Waals surface area contributed by atoms with E-state index in [-0.39, 0.29) is 6.10 Å². The minimum absolute atomic E-state index is 0.0458. The lowest BCUT2D eigenvalue weighted by atomic mass is 10.1. The van der Waals surface area contributed by atoms with E-state index in [9.17, 15) is 5.11 Å². The summed E-state index contributed by atoms with van der Waals surface area (Å²) in [4.78, 5) is 2.57. The van der Waals surface area contributed by atoms with E-state index in [0.29, 0.717) is 12.1 Å². The molecule has 1 saturated heterocycles. The van der Waals surface area contributed by atoms with Gasteiger partial charge in [-0.3, -0.25) is 4.90 Å². The Hall–Kier alpha value is -0.0800. The molecular weight excluding hydrogens is 174 g/mol. The highest BCUT2D eigenvalue weighted by Crippen LogP contribution is 2.28. The summed E-state index contributed by atoms with van der Waals surface area (Å²) in [6.45, 7) is 3.54. The first-order chi connectivity index (χ1) is 6.79. The van der Waals surface area contributed by atoms with Gasteiger partial charge >= 0.3 is 0 Å². The second kappa shape index (κ2) is 4.63. The largest absolute Gasteiger partial charge is 0.391 e. The van der Waals surface area contributed by atoms with Crippen LogP contribution in [-0.2, 0) is 0 Å². The maximum atomic E-state index is 9.91. The molecule has 2 nitrogen and oxygen atoms in total. The summed E-state index contributed by atoms with van der Waals surface area (Å²) in [5.74, 6) is 0. The van der Waals surface area contributed by atoms with Crippen LogP contribution in [-0.4, -0.2) is 34.7 Å². The Morgan fingerprint density at radius 3 is 2.57 bits per heavy atom. The fourth-order valence-corrected chi connectivity index (χ4v) is 3.10. The van der Waals surface area contributed by atoms with Crippen molar-refractivity contribution in [2.24, 2.45) is 0 Å². The molecule has 0 amide bonds. The molecule has 0 aromatic rings. The van der Waals surface area contributed by atoms with Crippen LogP contribution >= 0.6 is 0 Å². The van der Waals surface area contributed by atoms with Crippen molar-refractivity contribution in [2.45, 2.75) is 70.1 Å². The molecule has 2 fully saturated rings. The van der Waals surface area contributed by atoms with Crippen molar-refractivity contribution >= 4 is 0 Å². The summed E-state index contributed by atoms with van der Waals surface area (Å²) in [6, 6.07) is 1.17. The summed E-state index contributed by atoms with van der Waals surface area (Å²) >= 11 is 0. The topological polar surface area (TPSA) is 23.5 Å². The maximum absolute atomic E-state index is 9.91. The number of likely N-dealkylation sites (tertiary alicyclic amines) is 1. The van der Waals surface area contributed by atoms with Crippen molar-refractivity contribution in [1.29, 1.82) is 0 Å². The van der Waals surface area contributed by atoms with Gasteiger partial charge in [0.15, 0.2) is 0 Å². The van der Waals surface area contributed by atoms with Crippen molar-refractivity contribution in [3.05, 3.63) is 0 Å². The van der Waals surface area contributed by atoms with Crippen molar-refractivity contribution in [3.63, 3.8) is 0 Å². The Balaban J connectivity index is 1.99. The summed E-state index contributed by atoms with van der Waals surface area (Å²) in [6.07, 6.45) is 8.81. The number of aliphatic hydroxyl groups excluding tert-OH is 1. The smallest absolute Gasteiger partial charge is 0.0695 e. The van der Waals surface area contributed by atoms with Crippen LogP contribution in [0.2, 0.25) is 0 Å². The highest BCUT2D eigenvalue weighted by atomic mass is 16.3. The molecular formula is C12H23NO. The molecule has 0 spiro atoms. The summed E-state index contributed by atoms with van der Waals surface area (Å²) in [5, 5.41) is 9.91. The number of hydrogen-bond acceptors (Lipinski definition) is 2. The molecule has 1 aliphatic heterocycles. The van der Waals surface area contributed by atoms with Gasteiger partial charge in [0.2, 0.25) is 0 Å². The van der Waals surface area contributed by atoms with Gasteiger partial charge in [0.05, 0.1) is 6.10 Å². The van der Waals surface area contributed by atoms with Crippen LogP contribution in [0.15, 0.2) is 0 Å². The lowest BCUT2D eigenvalue weighted by Gasteiger charge is -2.34. The van der Waals surface area contributed by atoms with Crippen molar-refractivity contribution < 1.29 is 5.11 Å². The lowest BCUT2D eigenvalue weighted by Crippen LogP contribution is -2.45. The quantitative estimate of drug-likeness (QED) is 0.696. The third-order valence-corrected chi connectivity index (χ3v) is 3.97. The molecule has 0 radical (unpaired) electrons. The predicted molar refractivity (Wildman–Crippen MR) is 58.3 cm³/mol. The molecule has 1 aliphatic carbocycles. The maximum Gasteiger partial charge on any atom is 0.0695 e. The van der Waals surface area contributed by atoms with Crippen LogP contribution in [0, 0.1) is 0 Å². The molecule has 14 heavy (non-hydrogen) atoms. The molecule has 2 aliphatic rings. The Kier molecular flexibility index (Phi) is 3.45. The Morgan fingerprint density at radius 1 is 1.00 bits per heavy atom. The average molecular weight is 197 g/mol. The van der Waals surface area contributed by atoms with Gasteiger partial charge in [-0.05, 0) is 45.6 Å². The fraction of sp³-hybridized carbons (Fsp3) is 1.00. The summed E-state index contributed by atoms with van der Waals surface area (Å²) in [7, 11) is 0. The van der Waals surface area contributed by atoms with Crippen molar-refractivity contribution in [2.75, 3.05) is 6.54 Å². The van der Waals surface area contributed by atoms with E-state index < -0.39 is 0 Å². The highest BCUT2D eigenvalue weighted by molar-refractivity contribution is 4.88. The molecule has 3 atom stereocenters. The predicted octanol–water partition coefficient (Wildman–Crippen LogP) is 2.16. The normalized spacial score (nSPS) is 41.1. The molecule has 0 aromatic heterocycles. The number of rotatable bonds is 1. The molecule has 2 rings (SSSR count). The minimum Gasteiger partial charge on any atom is -0.391 e. The molecule has 1 N–H and O–H groups in total. The van der Waals surface area contributed by atoms with Gasteiger partial charge in [-0.15, -0.1) is 0 Å². The molecule has 1 heterocycles. The number of hydrogen-bond donors (Lipinski definition) is 1. The van der Waals surface area contributed by atoms with Gasteiger partial charge in [0.1, 0.15) is 0 Å². The first kappa shape index (κ1) is 10.4. The van der Waals surface area contributed by atoms with Gasteiger partial charge in [-0.1, -0.05) is 12.8 Å². The third-order valence-electron chi connectivity index (χ3n) is 3.97. The molecule has 2 heteroatoms. The highest BCUT2D eigenvalue weighted by Gasteiger charge is 2.33. The van der Waals surface area contributed by atoms with Gasteiger partial charge in [0, 0.05) is 12.1 Å². The van der Waals surface area contributed by atoms with E-state index in [1.54, 1.807) is 0 Å². The van der Waals surface area contributed by atoms with Crippen LogP contribution in [0.25, 0.3) is 0 Å². The zero-order chi connectivity index (χ0) is 9.97. The first-order valence-corrected chi connectivity index (χ1v) is 6.23. The zero-order valence-electron chi connectivity index (χ0n) is 9.28. The second-order valence-electron chi connectivity index (χ2n) is 5.00. The zero-order valence-corrected chi connectivity index (χ0v) is 9.28. The SMILES string of the molecule is CC1CCCCCN1[C@@H]1CCC[C@H]1O. The Morgan fingerprint density at radius 2 is 1.86 bits per heavy atom. The van der Waals surface area contributed by atoms with Crippen LogP contribution < -0.4 is 0 Å². The van der Waals surface area contributed by atoms with Gasteiger partial charge in [-0.25, -0.2) is 0 Å². The average Bonchev–Trinajstić information content (AvgIpc) is 2.46. The molecule has 0 bridgehead atoms. The van der Waals surface area contributed by atoms with E-state index in [4.69, 9.17) is 0 Å². The van der Waals surface area contributed by atoms with E-state index in [1.165, 1.54) is 45.1 Å². The molecule has 82 valence electrons. The Bertz CT molecular complexity index is 183. The van der Waals surface area contributed by atoms with Crippen LogP contribution in [0.4, 0.5) is 0 Å². The molecule has 1 saturated carbocycles.